The molecule has 2 aliphatic rings. The van der Waals surface area contributed by atoms with Crippen LogP contribution in [0, 0.1) is 11.8 Å². The molecule has 6 unspecified atom stereocenters. The lowest BCUT2D eigenvalue weighted by molar-refractivity contribution is 0.103. The third-order valence-electron chi connectivity index (χ3n) is 4.60. The molecule has 0 aromatic heterocycles. The fourth-order valence-corrected chi connectivity index (χ4v) is 3.79. The van der Waals surface area contributed by atoms with Crippen molar-refractivity contribution in [2.24, 2.45) is 31.8 Å². The molecule has 0 bridgehead atoms. The summed E-state index contributed by atoms with van der Waals surface area (Å²) in [5.74, 6) is -0.144. The van der Waals surface area contributed by atoms with E-state index >= 15 is 0 Å². The van der Waals surface area contributed by atoms with Gasteiger partial charge >= 0.3 is 0 Å². The van der Waals surface area contributed by atoms with Crippen molar-refractivity contribution in [3.8, 4) is 0 Å². The fraction of sp³-hybridized carbons (Fsp3) is 0.714. The number of aliphatic imine (C=N–C) groups is 4. The van der Waals surface area contributed by atoms with Crippen molar-refractivity contribution in [2.45, 2.75) is 49.9 Å². The summed E-state index contributed by atoms with van der Waals surface area (Å²) < 4.78 is 0. The van der Waals surface area contributed by atoms with Crippen molar-refractivity contribution in [2.75, 3.05) is 0 Å². The lowest BCUT2D eigenvalue weighted by atomic mass is 9.63. The van der Waals surface area contributed by atoms with Gasteiger partial charge in [0.2, 0.25) is 24.3 Å². The average Bonchev–Trinajstić information content (AvgIpc) is 2.51. The molecule has 2 aliphatic carbocycles. The van der Waals surface area contributed by atoms with Gasteiger partial charge in [-0.2, -0.15) is 4.99 Å². The van der Waals surface area contributed by atoms with Gasteiger partial charge in [-0.15, -0.1) is 0 Å². The Morgan fingerprint density at radius 2 is 1.27 bits per heavy atom. The van der Waals surface area contributed by atoms with Crippen molar-refractivity contribution in [3.05, 3.63) is 0 Å². The summed E-state index contributed by atoms with van der Waals surface area (Å²) in [6.07, 6.45) is 8.32. The van der Waals surface area contributed by atoms with E-state index in [-0.39, 0.29) is 23.9 Å². The van der Waals surface area contributed by atoms with Crippen LogP contribution in [0.4, 0.5) is 0 Å². The zero-order valence-electron chi connectivity index (χ0n) is 11.7. The molecular weight excluding hydrogens is 288 g/mol. The molecule has 2 fully saturated rings. The van der Waals surface area contributed by atoms with E-state index in [0.717, 1.165) is 0 Å². The highest BCUT2D eigenvalue weighted by Crippen LogP contribution is 2.44. The number of nitrogens with zero attached hydrogens (tertiary/aromatic N) is 4. The first-order valence-electron chi connectivity index (χ1n) is 7.03. The maximum atomic E-state index is 10.7. The predicted molar refractivity (Wildman–Crippen MR) is 73.1 cm³/mol. The fourth-order valence-electron chi connectivity index (χ4n) is 3.79. The van der Waals surface area contributed by atoms with E-state index in [1.54, 1.807) is 6.08 Å². The normalized spacial score (nSPS) is 36.4. The monoisotopic (exact) mass is 302 g/mol. The van der Waals surface area contributed by atoms with Gasteiger partial charge in [0, 0.05) is 0 Å². The predicted octanol–water partition coefficient (Wildman–Crippen LogP) is 0.624. The van der Waals surface area contributed by atoms with E-state index in [0.29, 0.717) is 25.7 Å². The molecule has 8 heteroatoms. The first-order chi connectivity index (χ1) is 10.7. The molecule has 0 aliphatic heterocycles. The Morgan fingerprint density at radius 1 is 0.636 bits per heavy atom. The maximum Gasteiger partial charge on any atom is 0.235 e. The highest BCUT2D eigenvalue weighted by molar-refractivity contribution is 5.38. The quantitative estimate of drug-likeness (QED) is 0.558. The van der Waals surface area contributed by atoms with Crippen LogP contribution in [0.2, 0.25) is 0 Å². The molecule has 0 aromatic rings. The highest BCUT2D eigenvalue weighted by atomic mass is 16.1. The van der Waals surface area contributed by atoms with E-state index in [9.17, 15) is 19.2 Å². The molecule has 0 spiro atoms. The van der Waals surface area contributed by atoms with Gasteiger partial charge < -0.3 is 0 Å². The molecule has 22 heavy (non-hydrogen) atoms. The number of isocyanates is 4. The third-order valence-corrected chi connectivity index (χ3v) is 4.60. The second kappa shape index (κ2) is 7.51. The van der Waals surface area contributed by atoms with Crippen LogP contribution < -0.4 is 0 Å². The summed E-state index contributed by atoms with van der Waals surface area (Å²) in [7, 11) is 0. The van der Waals surface area contributed by atoms with Crippen LogP contribution in [0.5, 0.6) is 0 Å². The molecule has 2 saturated carbocycles. The number of hydrogen-bond donors (Lipinski definition) is 0. The molecule has 6 atom stereocenters. The van der Waals surface area contributed by atoms with Crippen LogP contribution in [0.3, 0.4) is 0 Å². The summed E-state index contributed by atoms with van der Waals surface area (Å²) in [4.78, 5) is 57.5. The molecule has 0 aromatic carbocycles. The molecule has 0 heterocycles. The zero-order chi connectivity index (χ0) is 15.9. The van der Waals surface area contributed by atoms with Crippen LogP contribution in [-0.4, -0.2) is 48.5 Å². The number of fused-ring (bicyclic) bond motifs is 1. The van der Waals surface area contributed by atoms with Gasteiger partial charge in [-0.05, 0) is 37.5 Å². The Labute approximate surface area is 126 Å². The molecule has 0 saturated heterocycles. The van der Waals surface area contributed by atoms with Gasteiger partial charge in [-0.3, -0.25) is 0 Å². The van der Waals surface area contributed by atoms with E-state index in [4.69, 9.17) is 0 Å². The minimum absolute atomic E-state index is 0.0137. The largest absolute Gasteiger partial charge is 0.235 e. The Hall–Kier alpha value is -2.48. The molecule has 0 radical (unpaired) electrons. The van der Waals surface area contributed by atoms with Gasteiger partial charge in [-0.25, -0.2) is 34.2 Å². The molecule has 2 rings (SSSR count). The second-order valence-corrected chi connectivity index (χ2v) is 5.54. The Bertz CT molecular complexity index is 610. The maximum absolute atomic E-state index is 10.7. The van der Waals surface area contributed by atoms with Gasteiger partial charge in [0.25, 0.3) is 0 Å². The second-order valence-electron chi connectivity index (χ2n) is 5.54. The third kappa shape index (κ3) is 3.22. The zero-order valence-corrected chi connectivity index (χ0v) is 11.7. The van der Waals surface area contributed by atoms with Gasteiger partial charge in [-0.1, -0.05) is 0 Å². The smallest absolute Gasteiger partial charge is 0.211 e. The lowest BCUT2D eigenvalue weighted by Gasteiger charge is -2.45. The van der Waals surface area contributed by atoms with Crippen molar-refractivity contribution < 1.29 is 19.2 Å². The Balaban J connectivity index is 2.36. The minimum atomic E-state index is -0.535. The minimum Gasteiger partial charge on any atom is -0.211 e. The SMILES string of the molecule is O=C=NC1CC(N=C=O)C2CCC(N=C=O)C(N=C=O)C2C1. The first-order valence-corrected chi connectivity index (χ1v) is 7.03. The van der Waals surface area contributed by atoms with Crippen LogP contribution in [0.1, 0.15) is 25.7 Å². The van der Waals surface area contributed by atoms with E-state index in [1.807, 2.05) is 0 Å². The van der Waals surface area contributed by atoms with Crippen LogP contribution in [-0.2, 0) is 19.2 Å². The number of rotatable bonds is 4. The molecule has 8 nitrogen and oxygen atoms in total. The first kappa shape index (κ1) is 15.9. The van der Waals surface area contributed by atoms with Crippen LogP contribution in [0.15, 0.2) is 20.0 Å². The van der Waals surface area contributed by atoms with Crippen molar-refractivity contribution in [3.63, 3.8) is 0 Å². The molecule has 114 valence electrons. The summed E-state index contributed by atoms with van der Waals surface area (Å²) >= 11 is 0. The lowest BCUT2D eigenvalue weighted by Crippen LogP contribution is -2.49. The Kier molecular flexibility index (Phi) is 5.42. The summed E-state index contributed by atoms with van der Waals surface area (Å²) in [5.41, 5.74) is 0. The van der Waals surface area contributed by atoms with E-state index in [1.165, 1.54) is 18.2 Å². The summed E-state index contributed by atoms with van der Waals surface area (Å²) in [6.45, 7) is 0. The summed E-state index contributed by atoms with van der Waals surface area (Å²) in [5, 5.41) is 0. The molecule has 0 N–H and O–H groups in total. The standard InChI is InChI=1S/C14H14N4O4/c19-5-15-9-3-11-10(13(4-9)17-7-21)1-2-12(16-6-20)14(11)18-8-22/h9-14H,1-4H2. The van der Waals surface area contributed by atoms with Gasteiger partial charge in [0.1, 0.15) is 0 Å². The Morgan fingerprint density at radius 3 is 1.91 bits per heavy atom. The average molecular weight is 302 g/mol. The molecule has 0 amide bonds. The van der Waals surface area contributed by atoms with E-state index in [2.05, 4.69) is 20.0 Å². The van der Waals surface area contributed by atoms with Crippen LogP contribution in [0.25, 0.3) is 0 Å². The summed E-state index contributed by atoms with van der Waals surface area (Å²) in [6, 6.07) is -1.65. The topological polar surface area (TPSA) is 118 Å². The van der Waals surface area contributed by atoms with Crippen LogP contribution >= 0.6 is 0 Å². The van der Waals surface area contributed by atoms with E-state index < -0.39 is 12.1 Å². The number of hydrogen-bond acceptors (Lipinski definition) is 8. The van der Waals surface area contributed by atoms with Crippen molar-refractivity contribution in [1.29, 1.82) is 0 Å². The molecular formula is C14H14N4O4. The number of carbonyl (C=O) groups excluding carboxylic acids is 4. The van der Waals surface area contributed by atoms with Gasteiger partial charge in [0.15, 0.2) is 0 Å². The van der Waals surface area contributed by atoms with Crippen molar-refractivity contribution in [1.82, 2.24) is 0 Å². The van der Waals surface area contributed by atoms with Gasteiger partial charge in [0.05, 0.1) is 24.2 Å². The highest BCUT2D eigenvalue weighted by Gasteiger charge is 2.47. The van der Waals surface area contributed by atoms with Crippen molar-refractivity contribution >= 4 is 24.3 Å².